The largest absolute Gasteiger partial charge is 0.453 e. The Morgan fingerprint density at radius 1 is 1.29 bits per heavy atom. The van der Waals surface area contributed by atoms with Crippen LogP contribution in [0.3, 0.4) is 0 Å². The highest BCUT2D eigenvalue weighted by molar-refractivity contribution is 5.98. The van der Waals surface area contributed by atoms with Gasteiger partial charge >= 0.3 is 6.18 Å². The Morgan fingerprint density at radius 3 is 2.62 bits per heavy atom. The summed E-state index contributed by atoms with van der Waals surface area (Å²) in [6.07, 6.45) is -3.77. The number of ketones is 1. The van der Waals surface area contributed by atoms with E-state index in [1.807, 2.05) is 0 Å². The predicted molar refractivity (Wildman–Crippen MR) is 73.3 cm³/mol. The molecule has 0 unspecified atom stereocenters. The molecule has 0 bridgehead atoms. The summed E-state index contributed by atoms with van der Waals surface area (Å²) in [6.45, 7) is 0.598. The zero-order chi connectivity index (χ0) is 15.5. The summed E-state index contributed by atoms with van der Waals surface area (Å²) in [6, 6.07) is 8.64. The molecule has 0 aliphatic carbocycles. The van der Waals surface area contributed by atoms with Crippen LogP contribution in [-0.2, 0) is 0 Å². The van der Waals surface area contributed by atoms with Crippen molar-refractivity contribution in [2.75, 3.05) is 19.6 Å². The fourth-order valence-electron chi connectivity index (χ4n) is 2.18. The van der Waals surface area contributed by atoms with Crippen LogP contribution in [0.5, 0.6) is 0 Å². The maximum atomic E-state index is 12.5. The lowest BCUT2D eigenvalue weighted by molar-refractivity contribution is -0.144. The molecule has 2 aromatic rings. The van der Waals surface area contributed by atoms with Gasteiger partial charge in [-0.05, 0) is 25.1 Å². The lowest BCUT2D eigenvalue weighted by Gasteiger charge is -2.21. The molecule has 0 saturated heterocycles. The molecule has 1 aromatic heterocycles. The van der Waals surface area contributed by atoms with E-state index in [1.54, 1.807) is 37.3 Å². The molecule has 3 nitrogen and oxygen atoms in total. The van der Waals surface area contributed by atoms with E-state index < -0.39 is 18.5 Å². The van der Waals surface area contributed by atoms with Crippen LogP contribution in [0.1, 0.15) is 23.9 Å². The summed E-state index contributed by atoms with van der Waals surface area (Å²) in [7, 11) is 0. The molecule has 0 aliphatic rings. The zero-order valence-electron chi connectivity index (χ0n) is 11.6. The highest BCUT2D eigenvalue weighted by Crippen LogP contribution is 2.20. The van der Waals surface area contributed by atoms with Crippen molar-refractivity contribution in [3.8, 4) is 0 Å². The minimum Gasteiger partial charge on any atom is -0.453 e. The maximum absolute atomic E-state index is 12.5. The molecular weight excluding hydrogens is 283 g/mol. The van der Waals surface area contributed by atoms with Gasteiger partial charge in [0.1, 0.15) is 5.58 Å². The summed E-state index contributed by atoms with van der Waals surface area (Å²) in [5.41, 5.74) is 0.554. The Morgan fingerprint density at radius 2 is 2.00 bits per heavy atom. The lowest BCUT2D eigenvalue weighted by Crippen LogP contribution is -2.38. The van der Waals surface area contributed by atoms with Gasteiger partial charge in [-0.1, -0.05) is 25.1 Å². The molecule has 0 N–H and O–H groups in total. The summed E-state index contributed by atoms with van der Waals surface area (Å²) >= 11 is 0. The third kappa shape index (κ3) is 4.32. The van der Waals surface area contributed by atoms with E-state index in [0.29, 0.717) is 12.0 Å². The second-order valence-corrected chi connectivity index (χ2v) is 4.90. The molecule has 2 rings (SSSR count). The van der Waals surface area contributed by atoms with E-state index in [9.17, 15) is 18.0 Å². The Labute approximate surface area is 120 Å². The van der Waals surface area contributed by atoms with Gasteiger partial charge in [-0.25, -0.2) is 0 Å². The number of benzene rings is 1. The number of para-hydroxylation sites is 1. The number of hydrogen-bond donors (Lipinski definition) is 0. The van der Waals surface area contributed by atoms with Crippen LogP contribution >= 0.6 is 0 Å². The number of carbonyl (C=O) groups is 1. The topological polar surface area (TPSA) is 33.5 Å². The smallest absolute Gasteiger partial charge is 0.401 e. The second-order valence-electron chi connectivity index (χ2n) is 4.90. The minimum absolute atomic E-state index is 0.0967. The molecule has 21 heavy (non-hydrogen) atoms. The predicted octanol–water partition coefficient (Wildman–Crippen LogP) is 3.89. The first-order valence-electron chi connectivity index (χ1n) is 6.70. The summed E-state index contributed by atoms with van der Waals surface area (Å²) in [4.78, 5) is 13.2. The van der Waals surface area contributed by atoms with Crippen LogP contribution in [0.2, 0.25) is 0 Å². The number of furan rings is 1. The van der Waals surface area contributed by atoms with Gasteiger partial charge in [0, 0.05) is 5.39 Å². The van der Waals surface area contributed by atoms with Crippen LogP contribution in [0.15, 0.2) is 34.7 Å². The van der Waals surface area contributed by atoms with Gasteiger partial charge < -0.3 is 4.42 Å². The number of fused-ring (bicyclic) bond motifs is 1. The number of alkyl halides is 3. The van der Waals surface area contributed by atoms with E-state index in [2.05, 4.69) is 0 Å². The molecule has 0 aliphatic heterocycles. The van der Waals surface area contributed by atoms with Gasteiger partial charge in [-0.2, -0.15) is 13.2 Å². The van der Waals surface area contributed by atoms with Crippen LogP contribution < -0.4 is 0 Å². The van der Waals surface area contributed by atoms with Crippen LogP contribution in [-0.4, -0.2) is 36.5 Å². The van der Waals surface area contributed by atoms with E-state index in [1.165, 1.54) is 0 Å². The molecular formula is C15H16F3NO2. The fourth-order valence-corrected chi connectivity index (χ4v) is 2.18. The van der Waals surface area contributed by atoms with E-state index >= 15 is 0 Å². The van der Waals surface area contributed by atoms with Crippen molar-refractivity contribution in [1.29, 1.82) is 0 Å². The number of rotatable bonds is 6. The average molecular weight is 299 g/mol. The van der Waals surface area contributed by atoms with Crippen molar-refractivity contribution in [3.63, 3.8) is 0 Å². The molecule has 0 radical (unpaired) electrons. The van der Waals surface area contributed by atoms with Crippen LogP contribution in [0, 0.1) is 0 Å². The highest BCUT2D eigenvalue weighted by atomic mass is 19.4. The van der Waals surface area contributed by atoms with Crippen molar-refractivity contribution in [2.45, 2.75) is 19.5 Å². The Balaban J connectivity index is 2.10. The number of carbonyl (C=O) groups excluding carboxylic acids is 1. The Kier molecular flexibility index (Phi) is 4.67. The second kappa shape index (κ2) is 6.30. The van der Waals surface area contributed by atoms with Crippen molar-refractivity contribution in [2.24, 2.45) is 0 Å². The maximum Gasteiger partial charge on any atom is 0.401 e. The standard InChI is InChI=1S/C15H16F3NO2/c1-2-7-19(10-15(16,17)18)9-12(20)14-8-11-5-3-4-6-13(11)21-14/h3-6,8H,2,7,9-10H2,1H3. The summed E-state index contributed by atoms with van der Waals surface area (Å²) < 4.78 is 42.8. The van der Waals surface area contributed by atoms with Gasteiger partial charge in [-0.15, -0.1) is 0 Å². The molecule has 1 aromatic carbocycles. The zero-order valence-corrected chi connectivity index (χ0v) is 11.6. The molecule has 0 amide bonds. The molecule has 0 fully saturated rings. The monoisotopic (exact) mass is 299 g/mol. The summed E-state index contributed by atoms with van der Waals surface area (Å²) in [5.74, 6) is -0.344. The third-order valence-electron chi connectivity index (χ3n) is 3.01. The summed E-state index contributed by atoms with van der Waals surface area (Å²) in [5, 5.41) is 0.763. The number of Topliss-reactive ketones (excluding diaryl/α,β-unsaturated/α-hetero) is 1. The first kappa shape index (κ1) is 15.6. The molecule has 0 spiro atoms. The van der Waals surface area contributed by atoms with Crippen molar-refractivity contribution >= 4 is 16.8 Å². The van der Waals surface area contributed by atoms with Crippen molar-refractivity contribution in [3.05, 3.63) is 36.1 Å². The van der Waals surface area contributed by atoms with Crippen molar-refractivity contribution < 1.29 is 22.4 Å². The molecule has 1 heterocycles. The third-order valence-corrected chi connectivity index (χ3v) is 3.01. The highest BCUT2D eigenvalue weighted by Gasteiger charge is 2.31. The normalized spacial score (nSPS) is 12.2. The van der Waals surface area contributed by atoms with Gasteiger partial charge in [0.15, 0.2) is 5.76 Å². The average Bonchev–Trinajstić information content (AvgIpc) is 2.80. The molecule has 0 saturated carbocycles. The van der Waals surface area contributed by atoms with Gasteiger partial charge in [0.2, 0.25) is 5.78 Å². The lowest BCUT2D eigenvalue weighted by atomic mass is 10.2. The van der Waals surface area contributed by atoms with E-state index in [4.69, 9.17) is 4.42 Å². The Bertz CT molecular complexity index is 586. The first-order valence-corrected chi connectivity index (χ1v) is 6.70. The van der Waals surface area contributed by atoms with Crippen LogP contribution in [0.25, 0.3) is 11.0 Å². The van der Waals surface area contributed by atoms with E-state index in [0.717, 1.165) is 10.3 Å². The van der Waals surface area contributed by atoms with Crippen molar-refractivity contribution in [1.82, 2.24) is 4.90 Å². The van der Waals surface area contributed by atoms with Gasteiger partial charge in [-0.3, -0.25) is 9.69 Å². The van der Waals surface area contributed by atoms with Gasteiger partial charge in [0.25, 0.3) is 0 Å². The van der Waals surface area contributed by atoms with Gasteiger partial charge in [0.05, 0.1) is 13.1 Å². The first-order chi connectivity index (χ1) is 9.89. The number of nitrogens with zero attached hydrogens (tertiary/aromatic N) is 1. The number of hydrogen-bond acceptors (Lipinski definition) is 3. The minimum atomic E-state index is -4.32. The quantitative estimate of drug-likeness (QED) is 0.759. The molecule has 114 valence electrons. The fraction of sp³-hybridized carbons (Fsp3) is 0.400. The molecule has 6 heteroatoms. The SMILES string of the molecule is CCCN(CC(=O)c1cc2ccccc2o1)CC(F)(F)F. The Hall–Kier alpha value is -1.82. The number of halogens is 3. The molecule has 0 atom stereocenters. The van der Waals surface area contributed by atoms with E-state index in [-0.39, 0.29) is 18.8 Å². The van der Waals surface area contributed by atoms with Crippen LogP contribution in [0.4, 0.5) is 13.2 Å².